The van der Waals surface area contributed by atoms with Gasteiger partial charge in [-0.15, -0.1) is 0 Å². The largest absolute Gasteiger partial charge is 0.354 e. The van der Waals surface area contributed by atoms with Gasteiger partial charge in [0.05, 0.1) is 0 Å². The average molecular weight is 260 g/mol. The lowest BCUT2D eigenvalue weighted by molar-refractivity contribution is 0.619. The van der Waals surface area contributed by atoms with Crippen molar-refractivity contribution in [2.24, 2.45) is 0 Å². The van der Waals surface area contributed by atoms with Crippen molar-refractivity contribution in [3.8, 4) is 0 Å². The predicted octanol–water partition coefficient (Wildman–Crippen LogP) is 3.41. The summed E-state index contributed by atoms with van der Waals surface area (Å²) >= 11 is 0. The molecular formula is C14H17FN4. The van der Waals surface area contributed by atoms with E-state index < -0.39 is 0 Å². The van der Waals surface area contributed by atoms with Crippen molar-refractivity contribution in [2.75, 3.05) is 17.2 Å². The molecule has 2 N–H and O–H groups in total. The number of nitrogens with zero attached hydrogens (tertiary/aromatic N) is 2. The van der Waals surface area contributed by atoms with Crippen LogP contribution in [-0.4, -0.2) is 16.5 Å². The van der Waals surface area contributed by atoms with Crippen LogP contribution in [0.15, 0.2) is 24.4 Å². The summed E-state index contributed by atoms with van der Waals surface area (Å²) in [4.78, 5) is 8.52. The monoisotopic (exact) mass is 260 g/mol. The van der Waals surface area contributed by atoms with Crippen molar-refractivity contribution < 1.29 is 4.39 Å². The van der Waals surface area contributed by atoms with E-state index in [1.165, 1.54) is 6.07 Å². The molecule has 4 nitrogen and oxygen atoms in total. The Kier molecular flexibility index (Phi) is 3.94. The van der Waals surface area contributed by atoms with Gasteiger partial charge in [-0.25, -0.2) is 9.37 Å². The van der Waals surface area contributed by atoms with Crippen molar-refractivity contribution in [1.29, 1.82) is 0 Å². The Balaban J connectivity index is 2.26. The molecule has 19 heavy (non-hydrogen) atoms. The molecule has 0 fully saturated rings. The zero-order valence-corrected chi connectivity index (χ0v) is 11.3. The third-order valence-electron chi connectivity index (χ3n) is 2.74. The van der Waals surface area contributed by atoms with Crippen LogP contribution < -0.4 is 10.6 Å². The van der Waals surface area contributed by atoms with Crippen LogP contribution in [0, 0.1) is 19.7 Å². The molecule has 0 aliphatic heterocycles. The molecule has 100 valence electrons. The summed E-state index contributed by atoms with van der Waals surface area (Å²) in [5, 5.41) is 6.15. The first kappa shape index (κ1) is 13.3. The van der Waals surface area contributed by atoms with Crippen LogP contribution >= 0.6 is 0 Å². The van der Waals surface area contributed by atoms with Crippen LogP contribution in [0.3, 0.4) is 0 Å². The summed E-state index contributed by atoms with van der Waals surface area (Å²) in [5.74, 6) is 1.00. The van der Waals surface area contributed by atoms with Gasteiger partial charge in [-0.05, 0) is 38.5 Å². The minimum absolute atomic E-state index is 0.233. The molecule has 0 radical (unpaired) electrons. The summed E-state index contributed by atoms with van der Waals surface area (Å²) in [5.41, 5.74) is 2.20. The number of aromatic nitrogens is 2. The van der Waals surface area contributed by atoms with Gasteiger partial charge >= 0.3 is 0 Å². The van der Waals surface area contributed by atoms with Crippen LogP contribution in [-0.2, 0) is 0 Å². The van der Waals surface area contributed by atoms with E-state index in [9.17, 15) is 4.39 Å². The zero-order valence-electron chi connectivity index (χ0n) is 11.3. The van der Waals surface area contributed by atoms with Gasteiger partial charge < -0.3 is 10.6 Å². The maximum atomic E-state index is 13.5. The minimum Gasteiger partial charge on any atom is -0.354 e. The van der Waals surface area contributed by atoms with Crippen LogP contribution in [0.4, 0.5) is 21.8 Å². The summed E-state index contributed by atoms with van der Waals surface area (Å²) < 4.78 is 13.5. The number of aryl methyl sites for hydroxylation is 2. The number of benzene rings is 1. The molecule has 1 aromatic carbocycles. The van der Waals surface area contributed by atoms with Crippen molar-refractivity contribution in [2.45, 2.75) is 20.8 Å². The first-order chi connectivity index (χ1) is 9.10. The fraction of sp³-hybridized carbons (Fsp3) is 0.286. The molecule has 1 aromatic heterocycles. The van der Waals surface area contributed by atoms with Crippen LogP contribution in [0.5, 0.6) is 0 Å². The first-order valence-electron chi connectivity index (χ1n) is 6.21. The van der Waals surface area contributed by atoms with Crippen molar-refractivity contribution >= 4 is 17.5 Å². The van der Waals surface area contributed by atoms with Gasteiger partial charge in [0.2, 0.25) is 5.95 Å². The fourth-order valence-corrected chi connectivity index (χ4v) is 1.62. The molecule has 5 heteroatoms. The highest BCUT2D eigenvalue weighted by Crippen LogP contribution is 2.20. The Labute approximate surface area is 112 Å². The molecule has 0 bridgehead atoms. The van der Waals surface area contributed by atoms with Crippen LogP contribution in [0.1, 0.15) is 18.1 Å². The molecule has 0 saturated carbocycles. The first-order valence-corrected chi connectivity index (χ1v) is 6.21. The fourth-order valence-electron chi connectivity index (χ4n) is 1.62. The lowest BCUT2D eigenvalue weighted by Gasteiger charge is -2.10. The van der Waals surface area contributed by atoms with Gasteiger partial charge in [0.1, 0.15) is 11.6 Å². The molecule has 0 unspecified atom stereocenters. The Morgan fingerprint density at radius 1 is 1.21 bits per heavy atom. The van der Waals surface area contributed by atoms with E-state index in [4.69, 9.17) is 0 Å². The van der Waals surface area contributed by atoms with Gasteiger partial charge in [-0.1, -0.05) is 6.07 Å². The van der Waals surface area contributed by atoms with E-state index in [0.29, 0.717) is 23.0 Å². The molecule has 0 atom stereocenters. The second kappa shape index (κ2) is 5.65. The van der Waals surface area contributed by atoms with Crippen LogP contribution in [0.2, 0.25) is 0 Å². The molecule has 0 saturated heterocycles. The summed E-state index contributed by atoms with van der Waals surface area (Å²) in [6.07, 6.45) is 1.73. The second-order valence-corrected chi connectivity index (χ2v) is 4.34. The SMILES string of the molecule is CCNc1ncc(C)c(Nc2ccc(C)c(F)c2)n1. The predicted molar refractivity (Wildman–Crippen MR) is 75.4 cm³/mol. The summed E-state index contributed by atoms with van der Waals surface area (Å²) in [6.45, 7) is 6.37. The van der Waals surface area contributed by atoms with E-state index in [-0.39, 0.29) is 5.82 Å². The Morgan fingerprint density at radius 2 is 2.00 bits per heavy atom. The number of rotatable bonds is 4. The Hall–Kier alpha value is -2.17. The molecule has 0 aliphatic carbocycles. The number of nitrogens with one attached hydrogen (secondary N) is 2. The van der Waals surface area contributed by atoms with Crippen LogP contribution in [0.25, 0.3) is 0 Å². The molecule has 2 aromatic rings. The zero-order chi connectivity index (χ0) is 13.8. The maximum Gasteiger partial charge on any atom is 0.224 e. The van der Waals surface area contributed by atoms with E-state index in [2.05, 4.69) is 20.6 Å². The highest BCUT2D eigenvalue weighted by molar-refractivity contribution is 5.60. The standard InChI is InChI=1S/C14H17FN4/c1-4-16-14-17-8-10(3)13(19-14)18-11-6-5-9(2)12(15)7-11/h5-8H,4H2,1-3H3,(H2,16,17,18,19). The van der Waals surface area contributed by atoms with E-state index in [0.717, 1.165) is 12.1 Å². The van der Waals surface area contributed by atoms with Gasteiger partial charge in [0, 0.05) is 24.0 Å². The van der Waals surface area contributed by atoms with E-state index in [1.807, 2.05) is 19.9 Å². The number of anilines is 3. The molecular weight excluding hydrogens is 243 g/mol. The maximum absolute atomic E-state index is 13.5. The number of hydrogen-bond donors (Lipinski definition) is 2. The van der Waals surface area contributed by atoms with E-state index >= 15 is 0 Å². The quantitative estimate of drug-likeness (QED) is 0.884. The molecule has 0 aliphatic rings. The van der Waals surface area contributed by atoms with Gasteiger partial charge in [-0.2, -0.15) is 4.98 Å². The Bertz CT molecular complexity index is 584. The average Bonchev–Trinajstić information content (AvgIpc) is 2.38. The highest BCUT2D eigenvalue weighted by Gasteiger charge is 2.05. The Morgan fingerprint density at radius 3 is 2.68 bits per heavy atom. The lowest BCUT2D eigenvalue weighted by Crippen LogP contribution is -2.05. The molecule has 1 heterocycles. The van der Waals surface area contributed by atoms with Gasteiger partial charge in [0.15, 0.2) is 0 Å². The minimum atomic E-state index is -0.233. The van der Waals surface area contributed by atoms with E-state index in [1.54, 1.807) is 19.2 Å². The smallest absolute Gasteiger partial charge is 0.224 e. The van der Waals surface area contributed by atoms with Crippen molar-refractivity contribution in [3.05, 3.63) is 41.3 Å². The third kappa shape index (κ3) is 3.19. The second-order valence-electron chi connectivity index (χ2n) is 4.34. The highest BCUT2D eigenvalue weighted by atomic mass is 19.1. The number of hydrogen-bond acceptors (Lipinski definition) is 4. The molecule has 0 amide bonds. The van der Waals surface area contributed by atoms with Crippen molar-refractivity contribution in [1.82, 2.24) is 9.97 Å². The lowest BCUT2D eigenvalue weighted by atomic mass is 10.2. The number of halogens is 1. The summed E-state index contributed by atoms with van der Waals surface area (Å²) in [6, 6.07) is 5.02. The van der Waals surface area contributed by atoms with Crippen molar-refractivity contribution in [3.63, 3.8) is 0 Å². The molecule has 2 rings (SSSR count). The topological polar surface area (TPSA) is 49.8 Å². The van der Waals surface area contributed by atoms with Gasteiger partial charge in [0.25, 0.3) is 0 Å². The summed E-state index contributed by atoms with van der Waals surface area (Å²) in [7, 11) is 0. The normalized spacial score (nSPS) is 10.3. The third-order valence-corrected chi connectivity index (χ3v) is 2.74. The molecule has 0 spiro atoms. The van der Waals surface area contributed by atoms with Gasteiger partial charge in [-0.3, -0.25) is 0 Å².